The highest BCUT2D eigenvalue weighted by Gasteiger charge is 2.29. The molecule has 7 heteroatoms. The van der Waals surface area contributed by atoms with Crippen LogP contribution in [0.4, 0.5) is 13.2 Å². The third kappa shape index (κ3) is 3.36. The van der Waals surface area contributed by atoms with E-state index in [0.29, 0.717) is 23.7 Å². The Hall–Kier alpha value is -1.89. The quantitative estimate of drug-likeness (QED) is 0.937. The monoisotopic (exact) mass is 285 g/mol. The van der Waals surface area contributed by atoms with Gasteiger partial charge in [0.05, 0.1) is 18.0 Å². The molecular formula is C13H14F3N3O. The van der Waals surface area contributed by atoms with Gasteiger partial charge in [-0.15, -0.1) is 0 Å². The maximum absolute atomic E-state index is 12.4. The molecule has 0 aliphatic heterocycles. The molecule has 0 radical (unpaired) electrons. The van der Waals surface area contributed by atoms with Gasteiger partial charge < -0.3 is 10.3 Å². The summed E-state index contributed by atoms with van der Waals surface area (Å²) in [5.74, 6) is 0.748. The smallest absolute Gasteiger partial charge is 0.339 e. The molecule has 1 atom stereocenters. The summed E-state index contributed by atoms with van der Waals surface area (Å²) in [7, 11) is 0. The predicted molar refractivity (Wildman–Crippen MR) is 65.8 cm³/mol. The van der Waals surface area contributed by atoms with Crippen LogP contribution in [0, 0.1) is 0 Å². The summed E-state index contributed by atoms with van der Waals surface area (Å²) in [6.45, 7) is 1.90. The van der Waals surface area contributed by atoms with Gasteiger partial charge in [-0.2, -0.15) is 18.2 Å². The van der Waals surface area contributed by atoms with Gasteiger partial charge in [-0.1, -0.05) is 24.2 Å². The molecule has 1 aromatic heterocycles. The number of benzene rings is 1. The SMILES string of the molecule is CCC(N)c1noc(Cc2ccc(C(F)(F)F)cc2)n1. The Balaban J connectivity index is 2.08. The van der Waals surface area contributed by atoms with E-state index in [-0.39, 0.29) is 12.5 Å². The van der Waals surface area contributed by atoms with Gasteiger partial charge in [-0.25, -0.2) is 0 Å². The van der Waals surface area contributed by atoms with Crippen molar-refractivity contribution in [2.24, 2.45) is 5.73 Å². The molecule has 0 spiro atoms. The van der Waals surface area contributed by atoms with Gasteiger partial charge in [0, 0.05) is 0 Å². The molecule has 0 saturated carbocycles. The van der Waals surface area contributed by atoms with Gasteiger partial charge >= 0.3 is 6.18 Å². The molecule has 1 heterocycles. The molecule has 0 amide bonds. The molecule has 0 aliphatic rings. The second kappa shape index (κ2) is 5.62. The van der Waals surface area contributed by atoms with E-state index in [9.17, 15) is 13.2 Å². The Kier molecular flexibility index (Phi) is 4.08. The summed E-state index contributed by atoms with van der Waals surface area (Å²) in [6, 6.07) is 4.56. The molecule has 0 aliphatic carbocycles. The number of hydrogen-bond acceptors (Lipinski definition) is 4. The fourth-order valence-corrected chi connectivity index (χ4v) is 1.66. The molecule has 0 fully saturated rings. The van der Waals surface area contributed by atoms with E-state index in [4.69, 9.17) is 10.3 Å². The van der Waals surface area contributed by atoms with E-state index in [1.807, 2.05) is 6.92 Å². The molecule has 20 heavy (non-hydrogen) atoms. The summed E-state index contributed by atoms with van der Waals surface area (Å²) in [5, 5.41) is 3.75. The fraction of sp³-hybridized carbons (Fsp3) is 0.385. The molecule has 0 saturated heterocycles. The van der Waals surface area contributed by atoms with Gasteiger partial charge in [0.15, 0.2) is 5.82 Å². The van der Waals surface area contributed by atoms with Crippen LogP contribution in [-0.2, 0) is 12.6 Å². The highest BCUT2D eigenvalue weighted by atomic mass is 19.4. The summed E-state index contributed by atoms with van der Waals surface area (Å²) in [4.78, 5) is 4.12. The number of rotatable bonds is 4. The van der Waals surface area contributed by atoms with Crippen LogP contribution in [0.2, 0.25) is 0 Å². The van der Waals surface area contributed by atoms with Crippen molar-refractivity contribution in [2.75, 3.05) is 0 Å². The van der Waals surface area contributed by atoms with Crippen LogP contribution in [-0.4, -0.2) is 10.1 Å². The molecule has 108 valence electrons. The van der Waals surface area contributed by atoms with Gasteiger partial charge in [0.25, 0.3) is 0 Å². The Morgan fingerprint density at radius 3 is 2.45 bits per heavy atom. The largest absolute Gasteiger partial charge is 0.416 e. The Bertz CT molecular complexity index is 563. The number of aromatic nitrogens is 2. The second-order valence-electron chi connectivity index (χ2n) is 4.43. The summed E-state index contributed by atoms with van der Waals surface area (Å²) in [6.07, 6.45) is -3.37. The molecule has 4 nitrogen and oxygen atoms in total. The minimum atomic E-state index is -4.33. The number of halogens is 3. The molecule has 2 rings (SSSR count). The number of nitrogens with two attached hydrogens (primary N) is 1. The third-order valence-electron chi connectivity index (χ3n) is 2.89. The topological polar surface area (TPSA) is 64.9 Å². The first-order valence-corrected chi connectivity index (χ1v) is 6.14. The molecule has 2 N–H and O–H groups in total. The van der Waals surface area contributed by atoms with E-state index in [1.54, 1.807) is 0 Å². The molecule has 1 aromatic carbocycles. The first-order valence-electron chi connectivity index (χ1n) is 6.14. The van der Waals surface area contributed by atoms with Crippen LogP contribution in [0.1, 0.15) is 42.2 Å². The molecule has 0 bridgehead atoms. The van der Waals surface area contributed by atoms with Crippen molar-refractivity contribution in [3.05, 3.63) is 47.1 Å². The lowest BCUT2D eigenvalue weighted by atomic mass is 10.1. The van der Waals surface area contributed by atoms with E-state index in [2.05, 4.69) is 10.1 Å². The normalized spacial score (nSPS) is 13.4. The molecule has 2 aromatic rings. The minimum absolute atomic E-state index is 0.279. The highest BCUT2D eigenvalue weighted by Crippen LogP contribution is 2.29. The maximum atomic E-state index is 12.4. The van der Waals surface area contributed by atoms with E-state index < -0.39 is 11.7 Å². The molecule has 1 unspecified atom stereocenters. The lowest BCUT2D eigenvalue weighted by molar-refractivity contribution is -0.137. The predicted octanol–water partition coefficient (Wildman–Crippen LogP) is 3.09. The van der Waals surface area contributed by atoms with Crippen LogP contribution in [0.5, 0.6) is 0 Å². The van der Waals surface area contributed by atoms with Crippen molar-refractivity contribution in [2.45, 2.75) is 32.0 Å². The van der Waals surface area contributed by atoms with Crippen LogP contribution in [0.3, 0.4) is 0 Å². The van der Waals surface area contributed by atoms with Crippen LogP contribution in [0.25, 0.3) is 0 Å². The number of alkyl halides is 3. The van der Waals surface area contributed by atoms with Crippen molar-refractivity contribution >= 4 is 0 Å². The zero-order valence-corrected chi connectivity index (χ0v) is 10.8. The average molecular weight is 285 g/mol. The van der Waals surface area contributed by atoms with Crippen molar-refractivity contribution in [1.29, 1.82) is 0 Å². The van der Waals surface area contributed by atoms with Crippen LogP contribution in [0.15, 0.2) is 28.8 Å². The average Bonchev–Trinajstić information content (AvgIpc) is 2.86. The van der Waals surface area contributed by atoms with Gasteiger partial charge in [-0.05, 0) is 24.1 Å². The maximum Gasteiger partial charge on any atom is 0.416 e. The standard InChI is InChI=1S/C13H14F3N3O/c1-2-10(17)12-18-11(20-19-12)7-8-3-5-9(6-4-8)13(14,15)16/h3-6,10H,2,7,17H2,1H3. The van der Waals surface area contributed by atoms with Crippen molar-refractivity contribution in [3.8, 4) is 0 Å². The first kappa shape index (κ1) is 14.5. The second-order valence-corrected chi connectivity index (χ2v) is 4.43. The Labute approximate surface area is 113 Å². The lowest BCUT2D eigenvalue weighted by Gasteiger charge is -2.06. The summed E-state index contributed by atoms with van der Waals surface area (Å²) in [5.41, 5.74) is 5.74. The van der Waals surface area contributed by atoms with Gasteiger partial charge in [0.1, 0.15) is 0 Å². The first-order chi connectivity index (χ1) is 9.40. The van der Waals surface area contributed by atoms with E-state index in [1.165, 1.54) is 12.1 Å². The minimum Gasteiger partial charge on any atom is -0.339 e. The van der Waals surface area contributed by atoms with Crippen molar-refractivity contribution in [3.63, 3.8) is 0 Å². The van der Waals surface area contributed by atoms with E-state index >= 15 is 0 Å². The zero-order chi connectivity index (χ0) is 14.8. The summed E-state index contributed by atoms with van der Waals surface area (Å²) < 4.78 is 42.3. The van der Waals surface area contributed by atoms with Crippen LogP contribution < -0.4 is 5.73 Å². The summed E-state index contributed by atoms with van der Waals surface area (Å²) >= 11 is 0. The lowest BCUT2D eigenvalue weighted by Crippen LogP contribution is -2.10. The number of nitrogens with zero attached hydrogens (tertiary/aromatic N) is 2. The Morgan fingerprint density at radius 2 is 1.90 bits per heavy atom. The number of hydrogen-bond donors (Lipinski definition) is 1. The third-order valence-corrected chi connectivity index (χ3v) is 2.89. The van der Waals surface area contributed by atoms with Crippen molar-refractivity contribution < 1.29 is 17.7 Å². The van der Waals surface area contributed by atoms with E-state index in [0.717, 1.165) is 12.1 Å². The van der Waals surface area contributed by atoms with Crippen molar-refractivity contribution in [1.82, 2.24) is 10.1 Å². The van der Waals surface area contributed by atoms with Gasteiger partial charge in [0.2, 0.25) is 5.89 Å². The van der Waals surface area contributed by atoms with Crippen LogP contribution >= 0.6 is 0 Å². The zero-order valence-electron chi connectivity index (χ0n) is 10.8. The Morgan fingerprint density at radius 1 is 1.25 bits per heavy atom. The van der Waals surface area contributed by atoms with Gasteiger partial charge in [-0.3, -0.25) is 0 Å². The molecular weight excluding hydrogens is 271 g/mol. The fourth-order valence-electron chi connectivity index (χ4n) is 1.66. The highest BCUT2D eigenvalue weighted by molar-refractivity contribution is 5.26.